The number of aromatic hydroxyl groups is 1. The van der Waals surface area contributed by atoms with Crippen LogP contribution in [0.15, 0.2) is 53.4 Å². The summed E-state index contributed by atoms with van der Waals surface area (Å²) in [7, 11) is 0. The Bertz CT molecular complexity index is 1050. The number of hydrazine groups is 1. The van der Waals surface area contributed by atoms with Crippen molar-refractivity contribution in [1.29, 1.82) is 0 Å². The molecule has 10 heteroatoms. The fraction of sp³-hybridized carbons (Fsp3) is 0.143. The van der Waals surface area contributed by atoms with Crippen LogP contribution in [0.3, 0.4) is 0 Å². The molecule has 3 rings (SSSR count). The fourth-order valence-electron chi connectivity index (χ4n) is 2.66. The van der Waals surface area contributed by atoms with Crippen molar-refractivity contribution in [2.75, 3.05) is 13.2 Å². The van der Waals surface area contributed by atoms with Gasteiger partial charge in [0.1, 0.15) is 22.4 Å². The molecule has 1 fully saturated rings. The molecule has 0 aliphatic carbocycles. The van der Waals surface area contributed by atoms with Crippen molar-refractivity contribution in [2.45, 2.75) is 6.92 Å². The third-order valence-electron chi connectivity index (χ3n) is 4.13. The molecule has 1 heterocycles. The van der Waals surface area contributed by atoms with E-state index in [4.69, 9.17) is 17.0 Å². The molecule has 2 aromatic carbocycles. The molecule has 1 saturated heterocycles. The number of para-hydroxylation sites is 1. The summed E-state index contributed by atoms with van der Waals surface area (Å²) in [6, 6.07) is 13.1. The second-order valence-electron chi connectivity index (χ2n) is 6.29. The molecule has 3 amide bonds. The number of nitrogens with zero attached hydrogens (tertiary/aromatic N) is 1. The molecule has 1 aliphatic heterocycles. The topological polar surface area (TPSA) is 108 Å². The van der Waals surface area contributed by atoms with Gasteiger partial charge in [0, 0.05) is 0 Å². The van der Waals surface area contributed by atoms with E-state index in [1.165, 1.54) is 12.1 Å². The molecule has 0 atom stereocenters. The third-order valence-corrected chi connectivity index (χ3v) is 5.51. The lowest BCUT2D eigenvalue weighted by Crippen LogP contribution is -2.47. The largest absolute Gasteiger partial charge is 0.507 e. The monoisotopic (exact) mass is 457 g/mol. The summed E-state index contributed by atoms with van der Waals surface area (Å²) >= 11 is 6.31. The van der Waals surface area contributed by atoms with Crippen molar-refractivity contribution >= 4 is 52.1 Å². The lowest BCUT2D eigenvalue weighted by molar-refractivity contribution is -0.129. The second-order valence-corrected chi connectivity index (χ2v) is 7.97. The third kappa shape index (κ3) is 5.62. The van der Waals surface area contributed by atoms with Crippen LogP contribution in [0.4, 0.5) is 0 Å². The van der Waals surface area contributed by atoms with Crippen LogP contribution in [-0.2, 0) is 9.59 Å². The predicted molar refractivity (Wildman–Crippen MR) is 121 cm³/mol. The first-order valence-corrected chi connectivity index (χ1v) is 10.5. The number of phenolic OH excluding ortho intramolecular Hbond substituents is 1. The van der Waals surface area contributed by atoms with E-state index in [9.17, 15) is 19.5 Å². The Kier molecular flexibility index (Phi) is 7.27. The van der Waals surface area contributed by atoms with E-state index in [0.29, 0.717) is 11.5 Å². The molecule has 0 unspecified atom stereocenters. The molecule has 0 bridgehead atoms. The first kappa shape index (κ1) is 22.3. The molecule has 0 radical (unpaired) electrons. The van der Waals surface area contributed by atoms with Gasteiger partial charge < -0.3 is 9.84 Å². The Hall–Kier alpha value is -3.37. The summed E-state index contributed by atoms with van der Waals surface area (Å²) in [4.78, 5) is 38.4. The molecular formula is C21H19N3O5S2. The Morgan fingerprint density at radius 1 is 1.16 bits per heavy atom. The van der Waals surface area contributed by atoms with Crippen molar-refractivity contribution in [3.63, 3.8) is 0 Å². The maximum absolute atomic E-state index is 12.7. The van der Waals surface area contributed by atoms with Crippen molar-refractivity contribution in [2.24, 2.45) is 0 Å². The van der Waals surface area contributed by atoms with Gasteiger partial charge in [0.05, 0.1) is 17.1 Å². The molecule has 0 spiro atoms. The Balaban J connectivity index is 1.58. The smallest absolute Gasteiger partial charge is 0.273 e. The van der Waals surface area contributed by atoms with Crippen molar-refractivity contribution < 1.29 is 24.2 Å². The number of benzene rings is 2. The summed E-state index contributed by atoms with van der Waals surface area (Å²) < 4.78 is 5.63. The molecule has 1 aliphatic rings. The lowest BCUT2D eigenvalue weighted by atomic mass is 10.2. The van der Waals surface area contributed by atoms with Crippen molar-refractivity contribution in [3.8, 4) is 11.5 Å². The first-order chi connectivity index (χ1) is 14.9. The van der Waals surface area contributed by atoms with Crippen LogP contribution in [0.25, 0.3) is 6.08 Å². The number of ether oxygens (including phenoxy) is 1. The van der Waals surface area contributed by atoms with E-state index in [-0.39, 0.29) is 22.2 Å². The average molecular weight is 458 g/mol. The molecular weight excluding hydrogens is 438 g/mol. The number of hydrogen-bond acceptors (Lipinski definition) is 7. The summed E-state index contributed by atoms with van der Waals surface area (Å²) in [5.74, 6) is -1.21. The zero-order chi connectivity index (χ0) is 22.4. The van der Waals surface area contributed by atoms with Crippen LogP contribution in [0, 0.1) is 0 Å². The van der Waals surface area contributed by atoms with E-state index in [1.54, 1.807) is 30.3 Å². The molecule has 160 valence electrons. The summed E-state index contributed by atoms with van der Waals surface area (Å²) in [6.07, 6.45) is 1.69. The van der Waals surface area contributed by atoms with Gasteiger partial charge in [-0.25, -0.2) is 0 Å². The van der Waals surface area contributed by atoms with E-state index < -0.39 is 17.7 Å². The number of thiocarbonyl (C=S) groups is 1. The Morgan fingerprint density at radius 2 is 1.87 bits per heavy atom. The van der Waals surface area contributed by atoms with Crippen LogP contribution >= 0.6 is 24.0 Å². The minimum Gasteiger partial charge on any atom is -0.507 e. The van der Waals surface area contributed by atoms with Gasteiger partial charge >= 0.3 is 0 Å². The highest BCUT2D eigenvalue weighted by Crippen LogP contribution is 2.32. The van der Waals surface area contributed by atoms with Crippen LogP contribution in [0.1, 0.15) is 22.8 Å². The highest BCUT2D eigenvalue weighted by Gasteiger charge is 2.33. The summed E-state index contributed by atoms with van der Waals surface area (Å²) in [6.45, 7) is 2.10. The van der Waals surface area contributed by atoms with Crippen molar-refractivity contribution in [3.05, 3.63) is 64.6 Å². The molecule has 31 heavy (non-hydrogen) atoms. The van der Waals surface area contributed by atoms with Crippen molar-refractivity contribution in [1.82, 2.24) is 15.8 Å². The van der Waals surface area contributed by atoms with Crippen LogP contribution < -0.4 is 15.6 Å². The van der Waals surface area contributed by atoms with E-state index in [1.807, 2.05) is 19.1 Å². The van der Waals surface area contributed by atoms with E-state index >= 15 is 0 Å². The zero-order valence-electron chi connectivity index (χ0n) is 16.5. The normalized spacial score (nSPS) is 14.6. The van der Waals surface area contributed by atoms with Gasteiger partial charge in [-0.05, 0) is 42.8 Å². The highest BCUT2D eigenvalue weighted by atomic mass is 32.2. The molecule has 0 aromatic heterocycles. The Labute approximate surface area is 188 Å². The summed E-state index contributed by atoms with van der Waals surface area (Å²) in [5.41, 5.74) is 5.21. The predicted octanol–water partition coefficient (Wildman–Crippen LogP) is 2.45. The van der Waals surface area contributed by atoms with E-state index in [2.05, 4.69) is 10.9 Å². The number of carbonyl (C=O) groups is 3. The van der Waals surface area contributed by atoms with Gasteiger partial charge in [0.15, 0.2) is 0 Å². The highest BCUT2D eigenvalue weighted by molar-refractivity contribution is 8.26. The zero-order valence-corrected chi connectivity index (χ0v) is 18.1. The number of carbonyl (C=O) groups excluding carboxylic acids is 3. The summed E-state index contributed by atoms with van der Waals surface area (Å²) in [5, 5.41) is 9.68. The maximum atomic E-state index is 12.7. The minimum atomic E-state index is -0.688. The number of phenols is 1. The number of nitrogens with one attached hydrogen (secondary N) is 2. The number of thioether (sulfide) groups is 1. The van der Waals surface area contributed by atoms with Crippen LogP contribution in [0.2, 0.25) is 0 Å². The SMILES string of the molecule is CCOc1ccc(/C=C2\SC(=S)N(CC(=O)NNC(=O)c3ccccc3O)C2=O)cc1. The van der Waals surface area contributed by atoms with Gasteiger partial charge in [-0.2, -0.15) is 0 Å². The van der Waals surface area contributed by atoms with E-state index in [0.717, 1.165) is 28.0 Å². The second kappa shape index (κ2) is 10.1. The molecule has 2 aromatic rings. The van der Waals surface area contributed by atoms with Gasteiger partial charge in [-0.3, -0.25) is 30.1 Å². The van der Waals surface area contributed by atoms with Gasteiger partial charge in [-0.1, -0.05) is 48.2 Å². The molecule has 8 nitrogen and oxygen atoms in total. The molecule has 3 N–H and O–H groups in total. The lowest BCUT2D eigenvalue weighted by Gasteiger charge is -2.14. The molecule has 0 saturated carbocycles. The number of amides is 3. The van der Waals surface area contributed by atoms with Gasteiger partial charge in [-0.15, -0.1) is 0 Å². The van der Waals surface area contributed by atoms with Crippen LogP contribution in [-0.4, -0.2) is 45.2 Å². The standard InChI is InChI=1S/C21H19N3O5S2/c1-2-29-14-9-7-13(8-10-14)11-17-20(28)24(21(30)31-17)12-18(26)22-23-19(27)15-5-3-4-6-16(15)25/h3-11,25H,2,12H2,1H3,(H,22,26)(H,23,27)/b17-11-. The fourth-order valence-corrected chi connectivity index (χ4v) is 3.91. The van der Waals surface area contributed by atoms with Gasteiger partial charge in [0.25, 0.3) is 17.7 Å². The average Bonchev–Trinajstić information content (AvgIpc) is 3.01. The first-order valence-electron chi connectivity index (χ1n) is 9.24. The Morgan fingerprint density at radius 3 is 2.55 bits per heavy atom. The maximum Gasteiger partial charge on any atom is 0.273 e. The minimum absolute atomic E-state index is 0.00620. The number of rotatable bonds is 6. The van der Waals surface area contributed by atoms with Gasteiger partial charge in [0.2, 0.25) is 0 Å². The number of hydrogen-bond donors (Lipinski definition) is 3. The quantitative estimate of drug-likeness (QED) is 0.347. The van der Waals surface area contributed by atoms with Crippen LogP contribution in [0.5, 0.6) is 11.5 Å².